The van der Waals surface area contributed by atoms with Crippen molar-refractivity contribution in [2.24, 2.45) is 0 Å². The van der Waals surface area contributed by atoms with Gasteiger partial charge in [-0.05, 0) is 48.4 Å². The molecule has 0 spiro atoms. The summed E-state index contributed by atoms with van der Waals surface area (Å²) in [4.78, 5) is 7.09. The van der Waals surface area contributed by atoms with E-state index in [-0.39, 0.29) is 0 Å². The van der Waals surface area contributed by atoms with Crippen LogP contribution in [0.15, 0.2) is 48.5 Å². The summed E-state index contributed by atoms with van der Waals surface area (Å²) in [6.45, 7) is 6.96. The summed E-state index contributed by atoms with van der Waals surface area (Å²) in [5.74, 6) is 0.498. The van der Waals surface area contributed by atoms with Crippen LogP contribution in [-0.2, 0) is 6.54 Å². The molecule has 31 heavy (non-hydrogen) atoms. The second-order valence-corrected chi connectivity index (χ2v) is 8.71. The number of rotatable bonds is 4. The molecule has 160 valence electrons. The van der Waals surface area contributed by atoms with Crippen molar-refractivity contribution >= 4 is 34.6 Å². The molecule has 0 saturated carbocycles. The smallest absolute Gasteiger partial charge is 0.223 e. The molecular weight excluding hydrogens is 408 g/mol. The van der Waals surface area contributed by atoms with E-state index in [1.807, 2.05) is 36.4 Å². The third-order valence-electron chi connectivity index (χ3n) is 6.13. The van der Waals surface area contributed by atoms with Crippen molar-refractivity contribution in [2.75, 3.05) is 33.3 Å². The van der Waals surface area contributed by atoms with Crippen LogP contribution in [0.25, 0.3) is 33.1 Å². The Morgan fingerprint density at radius 1 is 1.03 bits per heavy atom. The molecule has 1 aliphatic rings. The molecular formula is C24H26N4O2S. The number of pyridine rings is 1. The Balaban J connectivity index is 1.56. The van der Waals surface area contributed by atoms with Gasteiger partial charge in [0.25, 0.3) is 0 Å². The maximum Gasteiger partial charge on any atom is 0.223 e. The molecule has 1 aliphatic heterocycles. The number of benzene rings is 2. The number of piperazine rings is 1. The van der Waals surface area contributed by atoms with Gasteiger partial charge in [0.1, 0.15) is 0 Å². The first-order valence-electron chi connectivity index (χ1n) is 10.5. The average molecular weight is 435 g/mol. The topological polar surface area (TPSA) is 53.8 Å². The minimum Gasteiger partial charge on any atom is -0.480 e. The van der Waals surface area contributed by atoms with Gasteiger partial charge in [0.2, 0.25) is 5.88 Å². The van der Waals surface area contributed by atoms with E-state index in [9.17, 15) is 5.21 Å². The molecule has 6 nitrogen and oxygen atoms in total. The third kappa shape index (κ3) is 3.73. The number of aromatic nitrogens is 2. The summed E-state index contributed by atoms with van der Waals surface area (Å²) in [5.41, 5.74) is 5.54. The first-order chi connectivity index (χ1) is 15.0. The number of nitrogens with zero attached hydrogens (tertiary/aromatic N) is 4. The van der Waals surface area contributed by atoms with Gasteiger partial charge in [0.15, 0.2) is 0 Å². The summed E-state index contributed by atoms with van der Waals surface area (Å²) in [5, 5.41) is 13.0. The standard InChI is InChI=1S/C24H26N4O2S/c1-16-11-22-18(12-19(16)15-26-7-9-27(31)10-8-26)14-23(28(22)29)20-13-17-5-3-4-6-21(17)25-24(20)30-2/h3-6,11-14,29,31H,7-10,15H2,1-2H3. The minimum absolute atomic E-state index is 0.498. The fourth-order valence-corrected chi connectivity index (χ4v) is 4.51. The van der Waals surface area contributed by atoms with Crippen LogP contribution in [0.1, 0.15) is 11.1 Å². The molecule has 2 aromatic heterocycles. The van der Waals surface area contributed by atoms with Crippen molar-refractivity contribution in [3.63, 3.8) is 0 Å². The van der Waals surface area contributed by atoms with Crippen molar-refractivity contribution in [1.29, 1.82) is 0 Å². The van der Waals surface area contributed by atoms with E-state index in [4.69, 9.17) is 4.74 Å². The number of aryl methyl sites for hydroxylation is 1. The number of ether oxygens (including phenoxy) is 1. The number of para-hydroxylation sites is 1. The maximum atomic E-state index is 11.0. The first kappa shape index (κ1) is 20.2. The lowest BCUT2D eigenvalue weighted by Crippen LogP contribution is -2.41. The summed E-state index contributed by atoms with van der Waals surface area (Å²) in [6, 6.07) is 16.2. The van der Waals surface area contributed by atoms with Gasteiger partial charge in [-0.25, -0.2) is 4.98 Å². The quantitative estimate of drug-likeness (QED) is 0.369. The number of fused-ring (bicyclic) bond motifs is 2. The van der Waals surface area contributed by atoms with Crippen LogP contribution in [0.2, 0.25) is 0 Å². The molecule has 7 heteroatoms. The van der Waals surface area contributed by atoms with Crippen molar-refractivity contribution in [2.45, 2.75) is 13.5 Å². The Morgan fingerprint density at radius 3 is 2.58 bits per heavy atom. The van der Waals surface area contributed by atoms with Gasteiger partial charge >= 0.3 is 0 Å². The molecule has 0 aliphatic carbocycles. The Morgan fingerprint density at radius 2 is 1.81 bits per heavy atom. The van der Waals surface area contributed by atoms with Crippen LogP contribution in [0.5, 0.6) is 5.88 Å². The van der Waals surface area contributed by atoms with Gasteiger partial charge in [0.05, 0.1) is 29.4 Å². The fourth-order valence-electron chi connectivity index (χ4n) is 4.33. The zero-order chi connectivity index (χ0) is 21.5. The Labute approximate surface area is 187 Å². The fraction of sp³-hybridized carbons (Fsp3) is 0.292. The summed E-state index contributed by atoms with van der Waals surface area (Å²) >= 11 is 4.44. The maximum absolute atomic E-state index is 11.0. The Hall–Kier alpha value is -2.74. The van der Waals surface area contributed by atoms with Gasteiger partial charge < -0.3 is 9.94 Å². The second kappa shape index (κ2) is 8.07. The molecule has 1 fully saturated rings. The lowest BCUT2D eigenvalue weighted by atomic mass is 10.0. The van der Waals surface area contributed by atoms with E-state index in [0.717, 1.165) is 60.1 Å². The van der Waals surface area contributed by atoms with Gasteiger partial charge in [-0.3, -0.25) is 9.21 Å². The van der Waals surface area contributed by atoms with E-state index >= 15 is 0 Å². The van der Waals surface area contributed by atoms with Crippen LogP contribution in [0.4, 0.5) is 0 Å². The van der Waals surface area contributed by atoms with Gasteiger partial charge in [-0.1, -0.05) is 31.0 Å². The number of thiol groups is 1. The lowest BCUT2D eigenvalue weighted by molar-refractivity contribution is 0.190. The van der Waals surface area contributed by atoms with Crippen molar-refractivity contribution < 1.29 is 9.94 Å². The van der Waals surface area contributed by atoms with Crippen LogP contribution in [0.3, 0.4) is 0 Å². The highest BCUT2D eigenvalue weighted by molar-refractivity contribution is 7.77. The second-order valence-electron chi connectivity index (χ2n) is 8.15. The molecule has 1 N–H and O–H groups in total. The van der Waals surface area contributed by atoms with E-state index in [2.05, 4.69) is 46.1 Å². The number of hydrogen-bond acceptors (Lipinski definition) is 6. The van der Waals surface area contributed by atoms with E-state index in [1.165, 1.54) is 15.9 Å². The van der Waals surface area contributed by atoms with Crippen LogP contribution < -0.4 is 4.74 Å². The van der Waals surface area contributed by atoms with Crippen LogP contribution in [-0.4, -0.2) is 57.4 Å². The van der Waals surface area contributed by atoms with Crippen molar-refractivity contribution in [3.05, 3.63) is 59.7 Å². The molecule has 0 bridgehead atoms. The molecule has 5 rings (SSSR count). The number of hydrogen-bond donors (Lipinski definition) is 2. The molecule has 0 radical (unpaired) electrons. The lowest BCUT2D eigenvalue weighted by Gasteiger charge is -2.31. The third-order valence-corrected chi connectivity index (χ3v) is 6.53. The molecule has 0 atom stereocenters. The Kier molecular flexibility index (Phi) is 5.25. The van der Waals surface area contributed by atoms with Gasteiger partial charge in [0, 0.05) is 43.5 Å². The van der Waals surface area contributed by atoms with Gasteiger partial charge in [-0.2, -0.15) is 4.73 Å². The summed E-state index contributed by atoms with van der Waals surface area (Å²) in [7, 11) is 1.61. The highest BCUT2D eigenvalue weighted by Gasteiger charge is 2.19. The highest BCUT2D eigenvalue weighted by atomic mass is 32.1. The molecule has 2 aromatic carbocycles. The van der Waals surface area contributed by atoms with Crippen molar-refractivity contribution in [1.82, 2.24) is 18.9 Å². The highest BCUT2D eigenvalue weighted by Crippen LogP contribution is 2.35. The molecule has 1 saturated heterocycles. The zero-order valence-electron chi connectivity index (χ0n) is 17.7. The van der Waals surface area contributed by atoms with Gasteiger partial charge in [-0.15, -0.1) is 0 Å². The minimum atomic E-state index is 0.498. The van der Waals surface area contributed by atoms with Crippen molar-refractivity contribution in [3.8, 4) is 17.1 Å². The largest absolute Gasteiger partial charge is 0.480 e. The Bertz CT molecular complexity index is 1260. The normalized spacial score (nSPS) is 15.7. The molecule has 0 unspecified atom stereocenters. The SMILES string of the molecule is COc1nc2ccccc2cc1-c1cc2cc(CN3CCN(S)CC3)c(C)cc2n1O. The van der Waals surface area contributed by atoms with E-state index in [0.29, 0.717) is 11.6 Å². The predicted octanol–water partition coefficient (Wildman–Crippen LogP) is 4.37. The molecule has 3 heterocycles. The predicted molar refractivity (Wildman–Crippen MR) is 127 cm³/mol. The van der Waals surface area contributed by atoms with Crippen LogP contribution in [0, 0.1) is 6.92 Å². The van der Waals surface area contributed by atoms with E-state index < -0.39 is 0 Å². The first-order valence-corrected chi connectivity index (χ1v) is 10.9. The van der Waals surface area contributed by atoms with Crippen LogP contribution >= 0.6 is 12.8 Å². The summed E-state index contributed by atoms with van der Waals surface area (Å²) < 4.78 is 8.88. The monoisotopic (exact) mass is 434 g/mol. The van der Waals surface area contributed by atoms with E-state index in [1.54, 1.807) is 7.11 Å². The molecule has 0 amide bonds. The average Bonchev–Trinajstić information content (AvgIpc) is 3.09. The number of methoxy groups -OCH3 is 1. The zero-order valence-corrected chi connectivity index (χ0v) is 18.6. The summed E-state index contributed by atoms with van der Waals surface area (Å²) in [6.07, 6.45) is 0. The molecule has 4 aromatic rings.